The summed E-state index contributed by atoms with van der Waals surface area (Å²) in [5, 5.41) is 21.0. The van der Waals surface area contributed by atoms with Gasteiger partial charge in [0.1, 0.15) is 23.4 Å². The molecule has 0 unspecified atom stereocenters. The summed E-state index contributed by atoms with van der Waals surface area (Å²) in [6.45, 7) is 3.45. The van der Waals surface area contributed by atoms with Crippen LogP contribution >= 0.6 is 0 Å². The lowest BCUT2D eigenvalue weighted by molar-refractivity contribution is -0.132. The number of carbonyl (C=O) groups is 2. The molecule has 5 aromatic rings. The zero-order valence-corrected chi connectivity index (χ0v) is 26.6. The maximum atomic E-state index is 13.9. The van der Waals surface area contributed by atoms with Crippen LogP contribution in [-0.4, -0.2) is 90.8 Å². The van der Waals surface area contributed by atoms with Crippen LogP contribution in [-0.2, 0) is 16.6 Å². The number of nitrogens with zero attached hydrogens (tertiary/aromatic N) is 9. The highest BCUT2D eigenvalue weighted by molar-refractivity contribution is 6.01. The zero-order chi connectivity index (χ0) is 32.8. The summed E-state index contributed by atoms with van der Waals surface area (Å²) in [5.74, 6) is 1.48. The number of aromatic amines is 1. The Labute approximate surface area is 277 Å². The predicted octanol–water partition coefficient (Wildman–Crippen LogP) is 4.04. The molecule has 12 nitrogen and oxygen atoms in total. The summed E-state index contributed by atoms with van der Waals surface area (Å²) in [4.78, 5) is 42.3. The highest BCUT2D eigenvalue weighted by Gasteiger charge is 2.51. The number of aryl methyl sites for hydroxylation is 1. The SMILES string of the molecule is Cn1cnc(-c2ccc(C3=CCN(C(=O)CN4CC[C@]5(CCN(c6ccc7[nH]nc(-c8ccc(C#N)cc8)c7n6)C5=O)C4)CC3)cc2)n1. The first-order valence-electron chi connectivity index (χ1n) is 16.2. The number of likely N-dealkylation sites (tertiary alicyclic amines) is 1. The Morgan fingerprint density at radius 1 is 0.979 bits per heavy atom. The lowest BCUT2D eigenvalue weighted by Crippen LogP contribution is -2.43. The van der Waals surface area contributed by atoms with Gasteiger partial charge in [0.15, 0.2) is 5.82 Å². The lowest BCUT2D eigenvalue weighted by atomic mass is 9.85. The van der Waals surface area contributed by atoms with Crippen molar-refractivity contribution in [2.75, 3.05) is 44.2 Å². The summed E-state index contributed by atoms with van der Waals surface area (Å²) < 4.78 is 1.69. The number of nitrogens with one attached hydrogen (secondary N) is 1. The van der Waals surface area contributed by atoms with Gasteiger partial charge in [-0.2, -0.15) is 15.5 Å². The molecule has 3 aliphatic rings. The normalized spacial score (nSPS) is 19.8. The van der Waals surface area contributed by atoms with Crippen LogP contribution in [0.3, 0.4) is 0 Å². The molecular formula is C36H34N10O2. The van der Waals surface area contributed by atoms with Gasteiger partial charge in [0.05, 0.1) is 29.1 Å². The number of rotatable bonds is 6. The number of pyridine rings is 1. The molecule has 48 heavy (non-hydrogen) atoms. The Bertz CT molecular complexity index is 2110. The van der Waals surface area contributed by atoms with E-state index >= 15 is 0 Å². The summed E-state index contributed by atoms with van der Waals surface area (Å²) >= 11 is 0. The van der Waals surface area contributed by atoms with Crippen LogP contribution in [0.25, 0.3) is 39.3 Å². The van der Waals surface area contributed by atoms with Gasteiger partial charge in [-0.05, 0) is 61.2 Å². The van der Waals surface area contributed by atoms with Gasteiger partial charge in [0.2, 0.25) is 11.8 Å². The molecule has 0 saturated carbocycles. The zero-order valence-electron chi connectivity index (χ0n) is 26.6. The molecule has 0 radical (unpaired) electrons. The van der Waals surface area contributed by atoms with Crippen molar-refractivity contribution < 1.29 is 9.59 Å². The molecule has 0 aliphatic carbocycles. The minimum absolute atomic E-state index is 0.0723. The van der Waals surface area contributed by atoms with Crippen LogP contribution in [0.15, 0.2) is 73.1 Å². The molecule has 8 rings (SSSR count). The number of fused-ring (bicyclic) bond motifs is 1. The second kappa shape index (κ2) is 11.8. The average molecular weight is 639 g/mol. The van der Waals surface area contributed by atoms with Gasteiger partial charge in [-0.1, -0.05) is 42.5 Å². The van der Waals surface area contributed by atoms with Gasteiger partial charge >= 0.3 is 0 Å². The van der Waals surface area contributed by atoms with E-state index in [0.717, 1.165) is 48.0 Å². The number of anilines is 1. The van der Waals surface area contributed by atoms with Crippen LogP contribution in [0, 0.1) is 16.7 Å². The maximum absolute atomic E-state index is 13.9. The first-order valence-corrected chi connectivity index (χ1v) is 16.2. The molecule has 1 atom stereocenters. The number of H-pyrrole nitrogens is 1. The van der Waals surface area contributed by atoms with Crippen LogP contribution in [0.4, 0.5) is 5.82 Å². The predicted molar refractivity (Wildman–Crippen MR) is 180 cm³/mol. The van der Waals surface area contributed by atoms with Crippen LogP contribution in [0.1, 0.15) is 30.4 Å². The largest absolute Gasteiger partial charge is 0.338 e. The monoisotopic (exact) mass is 638 g/mol. The second-order valence-electron chi connectivity index (χ2n) is 12.9. The molecule has 240 valence electrons. The van der Waals surface area contributed by atoms with Crippen LogP contribution in [0.5, 0.6) is 0 Å². The molecule has 2 amide bonds. The van der Waals surface area contributed by atoms with Gasteiger partial charge in [-0.3, -0.25) is 29.2 Å². The number of aromatic nitrogens is 6. The molecule has 2 fully saturated rings. The smallest absolute Gasteiger partial charge is 0.237 e. The standard InChI is InChI=1S/C36H34N10O2/c1-43-23-38-34(42-43)28-8-6-25(7-9-28)26-12-16-45(17-13-26)31(47)21-44-18-14-36(22-44)15-19-46(35(36)48)30-11-10-29-33(39-30)32(41-40-29)27-4-2-24(20-37)3-5-27/h2-12,23H,13-19,21-22H2,1H3,(H,40,41)/t36-/m0/s1. The number of hydrogen-bond acceptors (Lipinski definition) is 8. The van der Waals surface area contributed by atoms with Crippen molar-refractivity contribution in [1.82, 2.24) is 39.7 Å². The van der Waals surface area contributed by atoms with Gasteiger partial charge in [0.25, 0.3) is 0 Å². The Hall–Kier alpha value is -5.67. The van der Waals surface area contributed by atoms with Crippen molar-refractivity contribution >= 4 is 34.2 Å². The van der Waals surface area contributed by atoms with Gasteiger partial charge in [0, 0.05) is 44.4 Å². The Morgan fingerprint density at radius 2 is 1.75 bits per heavy atom. The van der Waals surface area contributed by atoms with E-state index in [1.165, 1.54) is 5.57 Å². The minimum atomic E-state index is -0.505. The fourth-order valence-electron chi connectivity index (χ4n) is 7.21. The summed E-state index contributed by atoms with van der Waals surface area (Å²) in [5.41, 5.74) is 6.42. The van der Waals surface area contributed by atoms with E-state index < -0.39 is 5.41 Å². The summed E-state index contributed by atoms with van der Waals surface area (Å²) in [7, 11) is 1.85. The third kappa shape index (κ3) is 5.32. The molecule has 3 aromatic heterocycles. The highest BCUT2D eigenvalue weighted by atomic mass is 16.2. The number of carbonyl (C=O) groups excluding carboxylic acids is 2. The minimum Gasteiger partial charge on any atom is -0.338 e. The Balaban J connectivity index is 0.895. The number of nitriles is 1. The summed E-state index contributed by atoms with van der Waals surface area (Å²) in [6.07, 6.45) is 6.10. The van der Waals surface area contributed by atoms with Crippen LogP contribution in [0.2, 0.25) is 0 Å². The fourth-order valence-corrected chi connectivity index (χ4v) is 7.21. The average Bonchev–Trinajstić information content (AvgIpc) is 3.92. The van der Waals surface area contributed by atoms with Gasteiger partial charge in [-0.25, -0.2) is 9.97 Å². The lowest BCUT2D eigenvalue weighted by Gasteiger charge is -2.29. The van der Waals surface area contributed by atoms with Crippen molar-refractivity contribution in [3.05, 3.63) is 84.2 Å². The first kappa shape index (κ1) is 29.7. The van der Waals surface area contributed by atoms with Crippen molar-refractivity contribution in [3.63, 3.8) is 0 Å². The highest BCUT2D eigenvalue weighted by Crippen LogP contribution is 2.42. The van der Waals surface area contributed by atoms with E-state index in [1.54, 1.807) is 28.0 Å². The van der Waals surface area contributed by atoms with Crippen molar-refractivity contribution in [1.29, 1.82) is 5.26 Å². The van der Waals surface area contributed by atoms with E-state index in [4.69, 9.17) is 10.2 Å². The fraction of sp³-hybridized carbons (Fsp3) is 0.306. The number of amides is 2. The van der Waals surface area contributed by atoms with E-state index in [9.17, 15) is 9.59 Å². The first-order chi connectivity index (χ1) is 23.4. The van der Waals surface area contributed by atoms with Gasteiger partial charge < -0.3 is 4.90 Å². The summed E-state index contributed by atoms with van der Waals surface area (Å²) in [6, 6.07) is 21.4. The molecule has 3 aliphatic heterocycles. The molecule has 1 spiro atoms. The second-order valence-corrected chi connectivity index (χ2v) is 12.9. The molecule has 2 aromatic carbocycles. The van der Waals surface area contributed by atoms with E-state index in [-0.39, 0.29) is 11.8 Å². The molecule has 2 saturated heterocycles. The van der Waals surface area contributed by atoms with E-state index in [0.29, 0.717) is 61.1 Å². The molecule has 12 heteroatoms. The topological polar surface area (TPSA) is 140 Å². The molecule has 1 N–H and O–H groups in total. The third-order valence-corrected chi connectivity index (χ3v) is 9.94. The maximum Gasteiger partial charge on any atom is 0.237 e. The Kier molecular flexibility index (Phi) is 7.33. The molecular weight excluding hydrogens is 604 g/mol. The number of hydrogen-bond donors (Lipinski definition) is 1. The third-order valence-electron chi connectivity index (χ3n) is 9.94. The van der Waals surface area contributed by atoms with Crippen molar-refractivity contribution in [2.24, 2.45) is 12.5 Å². The molecule has 6 heterocycles. The van der Waals surface area contributed by atoms with Crippen molar-refractivity contribution in [3.8, 4) is 28.7 Å². The quantitative estimate of drug-likeness (QED) is 0.294. The van der Waals surface area contributed by atoms with E-state index in [2.05, 4.69) is 49.5 Å². The van der Waals surface area contributed by atoms with E-state index in [1.807, 2.05) is 48.3 Å². The number of benzene rings is 2. The van der Waals surface area contributed by atoms with Gasteiger partial charge in [-0.15, -0.1) is 0 Å². The van der Waals surface area contributed by atoms with Crippen LogP contribution < -0.4 is 4.90 Å². The molecule has 0 bridgehead atoms. The Morgan fingerprint density at radius 3 is 2.48 bits per heavy atom. The van der Waals surface area contributed by atoms with Crippen molar-refractivity contribution in [2.45, 2.75) is 19.3 Å².